The van der Waals surface area contributed by atoms with Gasteiger partial charge >= 0.3 is 5.97 Å². The van der Waals surface area contributed by atoms with Gasteiger partial charge in [0.15, 0.2) is 5.60 Å². The van der Waals surface area contributed by atoms with Gasteiger partial charge in [-0.1, -0.05) is 13.8 Å². The van der Waals surface area contributed by atoms with E-state index in [0.29, 0.717) is 0 Å². The minimum Gasteiger partial charge on any atom is -0.479 e. The number of carbonyl (C=O) groups is 1. The summed E-state index contributed by atoms with van der Waals surface area (Å²) in [6.07, 6.45) is -1.85. The van der Waals surface area contributed by atoms with Crippen LogP contribution in [-0.2, 0) is 9.53 Å². The van der Waals surface area contributed by atoms with Crippen molar-refractivity contribution >= 4 is 5.97 Å². The van der Waals surface area contributed by atoms with Crippen LogP contribution in [0.15, 0.2) is 0 Å². The monoisotopic (exact) mass is 262 g/mol. The average Bonchev–Trinajstić information content (AvgIpc) is 2.27. The average molecular weight is 262 g/mol. The zero-order valence-electron chi connectivity index (χ0n) is 10.7. The van der Waals surface area contributed by atoms with E-state index in [2.05, 4.69) is 0 Å². The normalized spacial score (nSPS) is 34.6. The minimum absolute atomic E-state index is 0.0473. The molecular formula is C12H22O6. The van der Waals surface area contributed by atoms with Crippen molar-refractivity contribution in [3.8, 4) is 0 Å². The van der Waals surface area contributed by atoms with Gasteiger partial charge in [-0.05, 0) is 12.3 Å². The van der Waals surface area contributed by atoms with Crippen LogP contribution < -0.4 is 0 Å². The SMILES string of the molecule is CC(C)C1(C(=O)O)CC(O)CC(CC(O)CO)O1. The highest BCUT2D eigenvalue weighted by molar-refractivity contribution is 5.78. The van der Waals surface area contributed by atoms with Crippen LogP contribution in [0.1, 0.15) is 33.1 Å². The van der Waals surface area contributed by atoms with Crippen molar-refractivity contribution in [3.05, 3.63) is 0 Å². The Kier molecular flexibility index (Phi) is 5.10. The summed E-state index contributed by atoms with van der Waals surface area (Å²) in [6.45, 7) is 3.05. The molecule has 0 aromatic carbocycles. The van der Waals surface area contributed by atoms with Gasteiger partial charge in [-0.25, -0.2) is 4.79 Å². The van der Waals surface area contributed by atoms with Gasteiger partial charge in [0.05, 0.1) is 24.9 Å². The van der Waals surface area contributed by atoms with Gasteiger partial charge in [0.1, 0.15) is 0 Å². The van der Waals surface area contributed by atoms with E-state index in [1.54, 1.807) is 13.8 Å². The molecule has 6 heteroatoms. The van der Waals surface area contributed by atoms with Crippen molar-refractivity contribution in [1.29, 1.82) is 0 Å². The van der Waals surface area contributed by atoms with Crippen LogP contribution in [0.4, 0.5) is 0 Å². The van der Waals surface area contributed by atoms with Crippen molar-refractivity contribution < 1.29 is 30.0 Å². The van der Waals surface area contributed by atoms with Crippen LogP contribution in [0.25, 0.3) is 0 Å². The van der Waals surface area contributed by atoms with Gasteiger partial charge in [-0.3, -0.25) is 0 Å². The second-order valence-corrected chi connectivity index (χ2v) is 5.25. The molecule has 0 aromatic rings. The summed E-state index contributed by atoms with van der Waals surface area (Å²) in [5.41, 5.74) is -1.42. The number of aliphatic hydroxyl groups excluding tert-OH is 3. The number of aliphatic carboxylic acids is 1. The second-order valence-electron chi connectivity index (χ2n) is 5.25. The molecule has 0 bridgehead atoms. The summed E-state index contributed by atoms with van der Waals surface area (Å²) in [7, 11) is 0. The number of aliphatic hydroxyl groups is 3. The van der Waals surface area contributed by atoms with Crippen molar-refractivity contribution in [2.45, 2.75) is 57.0 Å². The van der Waals surface area contributed by atoms with E-state index in [-0.39, 0.29) is 25.2 Å². The third kappa shape index (κ3) is 3.20. The zero-order chi connectivity index (χ0) is 13.9. The molecule has 4 unspecified atom stereocenters. The van der Waals surface area contributed by atoms with Gasteiger partial charge in [-0.15, -0.1) is 0 Å². The molecule has 1 fully saturated rings. The van der Waals surface area contributed by atoms with Crippen LogP contribution >= 0.6 is 0 Å². The molecule has 0 saturated carbocycles. The molecule has 0 radical (unpaired) electrons. The number of carboxylic acid groups (broad SMARTS) is 1. The van der Waals surface area contributed by atoms with Crippen LogP contribution in [0.5, 0.6) is 0 Å². The molecule has 0 aliphatic carbocycles. The molecule has 106 valence electrons. The molecular weight excluding hydrogens is 240 g/mol. The first-order valence-corrected chi connectivity index (χ1v) is 6.20. The summed E-state index contributed by atoms with van der Waals surface area (Å²) in [4.78, 5) is 11.4. The summed E-state index contributed by atoms with van der Waals surface area (Å²) in [5, 5.41) is 37.3. The quantitative estimate of drug-likeness (QED) is 0.544. The number of carboxylic acids is 1. The Hall–Kier alpha value is -0.690. The Morgan fingerprint density at radius 1 is 1.50 bits per heavy atom. The fourth-order valence-corrected chi connectivity index (χ4v) is 2.41. The maximum absolute atomic E-state index is 11.4. The zero-order valence-corrected chi connectivity index (χ0v) is 10.7. The lowest BCUT2D eigenvalue weighted by Gasteiger charge is -2.43. The van der Waals surface area contributed by atoms with E-state index in [4.69, 9.17) is 9.84 Å². The topological polar surface area (TPSA) is 107 Å². The fourth-order valence-electron chi connectivity index (χ4n) is 2.41. The summed E-state index contributed by atoms with van der Waals surface area (Å²) in [5.74, 6) is -1.39. The summed E-state index contributed by atoms with van der Waals surface area (Å²) >= 11 is 0. The van der Waals surface area contributed by atoms with E-state index in [9.17, 15) is 20.1 Å². The molecule has 1 aliphatic heterocycles. The first-order chi connectivity index (χ1) is 8.31. The molecule has 18 heavy (non-hydrogen) atoms. The Bertz CT molecular complexity index is 292. The van der Waals surface area contributed by atoms with Crippen molar-refractivity contribution in [3.63, 3.8) is 0 Å². The number of hydrogen-bond donors (Lipinski definition) is 4. The van der Waals surface area contributed by atoms with Gasteiger partial charge in [0, 0.05) is 12.8 Å². The minimum atomic E-state index is -1.42. The highest BCUT2D eigenvalue weighted by Crippen LogP contribution is 2.36. The molecule has 4 N–H and O–H groups in total. The van der Waals surface area contributed by atoms with Crippen LogP contribution in [0.2, 0.25) is 0 Å². The lowest BCUT2D eigenvalue weighted by Crippen LogP contribution is -2.55. The van der Waals surface area contributed by atoms with E-state index < -0.39 is 36.5 Å². The van der Waals surface area contributed by atoms with Gasteiger partial charge < -0.3 is 25.2 Å². The lowest BCUT2D eigenvalue weighted by molar-refractivity contribution is -0.211. The molecule has 1 heterocycles. The van der Waals surface area contributed by atoms with E-state index >= 15 is 0 Å². The molecule has 1 aliphatic rings. The predicted octanol–water partition coefficient (Wildman–Crippen LogP) is -0.251. The number of hydrogen-bond acceptors (Lipinski definition) is 5. The van der Waals surface area contributed by atoms with E-state index in [1.807, 2.05) is 0 Å². The van der Waals surface area contributed by atoms with Crippen LogP contribution in [0.3, 0.4) is 0 Å². The molecule has 1 rings (SSSR count). The Morgan fingerprint density at radius 2 is 2.11 bits per heavy atom. The Balaban J connectivity index is 2.84. The van der Waals surface area contributed by atoms with Crippen LogP contribution in [0, 0.1) is 5.92 Å². The van der Waals surface area contributed by atoms with Gasteiger partial charge in [0.25, 0.3) is 0 Å². The molecule has 6 nitrogen and oxygen atoms in total. The Morgan fingerprint density at radius 3 is 2.56 bits per heavy atom. The summed E-state index contributed by atoms with van der Waals surface area (Å²) in [6, 6.07) is 0. The fraction of sp³-hybridized carbons (Fsp3) is 0.917. The molecule has 0 amide bonds. The standard InChI is InChI=1S/C12H22O6/c1-7(2)12(11(16)17)5-8(14)3-10(18-12)4-9(15)6-13/h7-10,13-15H,3-6H2,1-2H3,(H,16,17). The Labute approximate surface area is 106 Å². The van der Waals surface area contributed by atoms with E-state index in [0.717, 1.165) is 0 Å². The van der Waals surface area contributed by atoms with Crippen LogP contribution in [-0.4, -0.2) is 56.9 Å². The lowest BCUT2D eigenvalue weighted by atomic mass is 9.80. The first kappa shape index (κ1) is 15.4. The van der Waals surface area contributed by atoms with Crippen molar-refractivity contribution in [1.82, 2.24) is 0 Å². The highest BCUT2D eigenvalue weighted by atomic mass is 16.5. The number of rotatable bonds is 5. The third-order valence-electron chi connectivity index (χ3n) is 3.49. The van der Waals surface area contributed by atoms with Crippen molar-refractivity contribution in [2.75, 3.05) is 6.61 Å². The molecule has 0 spiro atoms. The van der Waals surface area contributed by atoms with Gasteiger partial charge in [-0.2, -0.15) is 0 Å². The first-order valence-electron chi connectivity index (χ1n) is 6.20. The predicted molar refractivity (Wildman–Crippen MR) is 63.0 cm³/mol. The third-order valence-corrected chi connectivity index (χ3v) is 3.49. The summed E-state index contributed by atoms with van der Waals surface area (Å²) < 4.78 is 5.61. The van der Waals surface area contributed by atoms with E-state index in [1.165, 1.54) is 0 Å². The maximum Gasteiger partial charge on any atom is 0.336 e. The second kappa shape index (κ2) is 5.97. The number of ether oxygens (including phenoxy) is 1. The van der Waals surface area contributed by atoms with Gasteiger partial charge in [0.2, 0.25) is 0 Å². The highest BCUT2D eigenvalue weighted by Gasteiger charge is 2.49. The molecule has 0 aromatic heterocycles. The molecule has 4 atom stereocenters. The molecule has 1 saturated heterocycles. The maximum atomic E-state index is 11.4. The smallest absolute Gasteiger partial charge is 0.336 e. The largest absolute Gasteiger partial charge is 0.479 e. The van der Waals surface area contributed by atoms with Crippen molar-refractivity contribution in [2.24, 2.45) is 5.92 Å².